The molecule has 2 aliphatic rings. The highest BCUT2D eigenvalue weighted by molar-refractivity contribution is 5.86. The molecule has 0 unspecified atom stereocenters. The molecule has 0 aromatic heterocycles. The lowest BCUT2D eigenvalue weighted by Gasteiger charge is -2.37. The number of carbonyl (C=O) groups is 2. The van der Waals surface area contributed by atoms with E-state index in [9.17, 15) is 9.59 Å². The molecular weight excluding hydrogens is 400 g/mol. The van der Waals surface area contributed by atoms with E-state index >= 15 is 0 Å². The molecule has 0 N–H and O–H groups in total. The van der Waals surface area contributed by atoms with E-state index in [1.165, 1.54) is 51.4 Å². The number of hydrogen-bond acceptors (Lipinski definition) is 4. The minimum Gasteiger partial charge on any atom is -0.465 e. The average molecular weight is 447 g/mol. The number of rotatable bonds is 14. The molecule has 0 amide bonds. The van der Waals surface area contributed by atoms with Crippen LogP contribution in [0, 0.1) is 23.7 Å². The SMILES string of the molecule is C=C(C)C(=O)OCCCCCCOC(=O)C1CC[C](C2CC[C](CCCCC)CC2)CC1. The zero-order chi connectivity index (χ0) is 23.2. The zero-order valence-electron chi connectivity index (χ0n) is 20.7. The molecule has 0 heterocycles. The van der Waals surface area contributed by atoms with E-state index in [1.807, 2.05) is 0 Å². The fraction of sp³-hybridized carbons (Fsp3) is 0.786. The van der Waals surface area contributed by atoms with Crippen LogP contribution in [-0.4, -0.2) is 25.2 Å². The largest absolute Gasteiger partial charge is 0.465 e. The summed E-state index contributed by atoms with van der Waals surface area (Å²) in [4.78, 5) is 23.7. The number of hydrogen-bond donors (Lipinski definition) is 0. The predicted molar refractivity (Wildman–Crippen MR) is 130 cm³/mol. The van der Waals surface area contributed by atoms with Gasteiger partial charge in [-0.3, -0.25) is 4.79 Å². The van der Waals surface area contributed by atoms with Crippen molar-refractivity contribution in [3.8, 4) is 0 Å². The minimum absolute atomic E-state index is 0.00891. The van der Waals surface area contributed by atoms with Crippen molar-refractivity contribution in [3.63, 3.8) is 0 Å². The molecule has 0 spiro atoms. The second-order valence-electron chi connectivity index (χ2n) is 9.91. The van der Waals surface area contributed by atoms with Crippen LogP contribution in [0.5, 0.6) is 0 Å². The lowest BCUT2D eigenvalue weighted by atomic mass is 9.68. The standard InChI is InChI=1S/C28H46O4/c1-4-5-8-11-23-12-14-24(15-13-23)25-16-18-26(19-17-25)28(30)32-21-10-7-6-9-20-31-27(29)22(2)3/h24,26H,2,4-21H2,1,3H3. The van der Waals surface area contributed by atoms with Crippen LogP contribution in [-0.2, 0) is 19.1 Å². The summed E-state index contributed by atoms with van der Waals surface area (Å²) < 4.78 is 10.6. The molecule has 0 bridgehead atoms. The summed E-state index contributed by atoms with van der Waals surface area (Å²) in [6.07, 6.45) is 18.7. The number of carbonyl (C=O) groups excluding carboxylic acids is 2. The Bertz CT molecular complexity index is 554. The predicted octanol–water partition coefficient (Wildman–Crippen LogP) is 7.32. The van der Waals surface area contributed by atoms with E-state index in [2.05, 4.69) is 13.5 Å². The molecule has 2 rings (SSSR count). The van der Waals surface area contributed by atoms with Gasteiger partial charge in [0.1, 0.15) is 0 Å². The summed E-state index contributed by atoms with van der Waals surface area (Å²) in [5.74, 6) is 4.13. The average Bonchev–Trinajstić information content (AvgIpc) is 2.81. The van der Waals surface area contributed by atoms with E-state index in [0.29, 0.717) is 18.8 Å². The molecule has 2 fully saturated rings. The van der Waals surface area contributed by atoms with E-state index < -0.39 is 0 Å². The Morgan fingerprint density at radius 3 is 2.06 bits per heavy atom. The highest BCUT2D eigenvalue weighted by Gasteiger charge is 2.33. The van der Waals surface area contributed by atoms with Crippen molar-refractivity contribution in [3.05, 3.63) is 24.0 Å². The van der Waals surface area contributed by atoms with Gasteiger partial charge in [-0.25, -0.2) is 4.79 Å². The van der Waals surface area contributed by atoms with E-state index in [1.54, 1.807) is 18.8 Å². The summed E-state index contributed by atoms with van der Waals surface area (Å²) in [6, 6.07) is 0. The van der Waals surface area contributed by atoms with Crippen molar-refractivity contribution in [2.45, 2.75) is 117 Å². The third-order valence-corrected chi connectivity index (χ3v) is 7.23. The fourth-order valence-corrected chi connectivity index (χ4v) is 5.08. The van der Waals surface area contributed by atoms with Gasteiger partial charge in [0, 0.05) is 5.57 Å². The molecule has 32 heavy (non-hydrogen) atoms. The molecule has 4 heteroatoms. The third kappa shape index (κ3) is 10.1. The summed E-state index contributed by atoms with van der Waals surface area (Å²) in [7, 11) is 0. The number of ether oxygens (including phenoxy) is 2. The van der Waals surface area contributed by atoms with Crippen molar-refractivity contribution >= 4 is 11.9 Å². The molecule has 0 atom stereocenters. The maximum atomic E-state index is 12.4. The van der Waals surface area contributed by atoms with Crippen molar-refractivity contribution in [1.82, 2.24) is 0 Å². The van der Waals surface area contributed by atoms with Crippen LogP contribution in [0.2, 0.25) is 0 Å². The summed E-state index contributed by atoms with van der Waals surface area (Å²) >= 11 is 0. The Kier molecular flexibility index (Phi) is 13.0. The van der Waals surface area contributed by atoms with Crippen molar-refractivity contribution in [2.24, 2.45) is 11.8 Å². The van der Waals surface area contributed by atoms with E-state index in [-0.39, 0.29) is 17.9 Å². The third-order valence-electron chi connectivity index (χ3n) is 7.23. The van der Waals surface area contributed by atoms with Crippen LogP contribution in [0.25, 0.3) is 0 Å². The summed E-state index contributed by atoms with van der Waals surface area (Å²) in [6.45, 7) is 8.44. The van der Waals surface area contributed by atoms with E-state index in [0.717, 1.165) is 57.3 Å². The smallest absolute Gasteiger partial charge is 0.333 e. The van der Waals surface area contributed by atoms with Gasteiger partial charge in [-0.2, -0.15) is 0 Å². The quantitative estimate of drug-likeness (QED) is 0.159. The van der Waals surface area contributed by atoms with Crippen LogP contribution in [0.1, 0.15) is 117 Å². The van der Waals surface area contributed by atoms with Crippen molar-refractivity contribution in [1.29, 1.82) is 0 Å². The number of esters is 2. The monoisotopic (exact) mass is 446 g/mol. The van der Waals surface area contributed by atoms with Gasteiger partial charge >= 0.3 is 11.9 Å². The highest BCUT2D eigenvalue weighted by Crippen LogP contribution is 2.44. The normalized spacial score (nSPS) is 19.1. The van der Waals surface area contributed by atoms with Crippen LogP contribution in [0.3, 0.4) is 0 Å². The first-order valence-electron chi connectivity index (χ1n) is 13.2. The fourth-order valence-electron chi connectivity index (χ4n) is 5.08. The van der Waals surface area contributed by atoms with Gasteiger partial charge < -0.3 is 9.47 Å². The van der Waals surface area contributed by atoms with Gasteiger partial charge in [0.25, 0.3) is 0 Å². The summed E-state index contributed by atoms with van der Waals surface area (Å²) in [5.41, 5.74) is 0.438. The lowest BCUT2D eigenvalue weighted by molar-refractivity contribution is -0.149. The van der Waals surface area contributed by atoms with Gasteiger partial charge in [0.15, 0.2) is 0 Å². The first kappa shape index (κ1) is 26.9. The molecule has 0 aromatic carbocycles. The van der Waals surface area contributed by atoms with E-state index in [4.69, 9.17) is 9.47 Å². The van der Waals surface area contributed by atoms with Crippen molar-refractivity contribution in [2.75, 3.05) is 13.2 Å². The topological polar surface area (TPSA) is 52.6 Å². The second-order valence-corrected chi connectivity index (χ2v) is 9.91. The molecule has 182 valence electrons. The Labute approximate surface area is 196 Å². The second kappa shape index (κ2) is 15.5. The zero-order valence-corrected chi connectivity index (χ0v) is 20.7. The molecule has 0 aromatic rings. The van der Waals surface area contributed by atoms with Gasteiger partial charge in [0.05, 0.1) is 19.1 Å². The highest BCUT2D eigenvalue weighted by atomic mass is 16.5. The van der Waals surface area contributed by atoms with Crippen LogP contribution < -0.4 is 0 Å². The maximum Gasteiger partial charge on any atom is 0.333 e. The van der Waals surface area contributed by atoms with Crippen LogP contribution in [0.15, 0.2) is 12.2 Å². The van der Waals surface area contributed by atoms with Crippen LogP contribution >= 0.6 is 0 Å². The molecule has 0 aliphatic heterocycles. The Morgan fingerprint density at radius 2 is 1.47 bits per heavy atom. The molecular formula is C28H46O4. The van der Waals surface area contributed by atoms with Crippen LogP contribution in [0.4, 0.5) is 0 Å². The first-order chi connectivity index (χ1) is 15.5. The first-order valence-corrected chi connectivity index (χ1v) is 13.2. The molecule has 2 radical (unpaired) electrons. The van der Waals surface area contributed by atoms with Gasteiger partial charge in [-0.05, 0) is 108 Å². The maximum absolute atomic E-state index is 12.4. The van der Waals surface area contributed by atoms with Crippen molar-refractivity contribution < 1.29 is 19.1 Å². The Hall–Kier alpha value is -1.32. The summed E-state index contributed by atoms with van der Waals surface area (Å²) in [5, 5.41) is 0. The van der Waals surface area contributed by atoms with Gasteiger partial charge in [-0.1, -0.05) is 32.8 Å². The van der Waals surface area contributed by atoms with Gasteiger partial charge in [-0.15, -0.1) is 0 Å². The van der Waals surface area contributed by atoms with Gasteiger partial charge in [0.2, 0.25) is 0 Å². The molecule has 0 saturated heterocycles. The Balaban J connectivity index is 1.48. The minimum atomic E-state index is -0.319. The molecule has 2 saturated carbocycles. The molecule has 4 nitrogen and oxygen atoms in total. The lowest BCUT2D eigenvalue weighted by Crippen LogP contribution is -2.28. The molecule has 2 aliphatic carbocycles. The number of unbranched alkanes of at least 4 members (excludes halogenated alkanes) is 5. The Morgan fingerprint density at radius 1 is 0.844 bits per heavy atom.